The van der Waals surface area contributed by atoms with Gasteiger partial charge in [0.2, 0.25) is 5.91 Å². The second-order valence-electron chi connectivity index (χ2n) is 9.10. The minimum absolute atomic E-state index is 0.0882. The second kappa shape index (κ2) is 7.75. The molecule has 3 heterocycles. The SMILES string of the molecule is CC(C)(C)C1CCC2=C(C1)SC1=NC(CCC(=O)N3CCOCC3)=NC(=O)C12. The highest BCUT2D eigenvalue weighted by Crippen LogP contribution is 2.52. The maximum absolute atomic E-state index is 12.7. The number of thioether (sulfide) groups is 1. The van der Waals surface area contributed by atoms with Gasteiger partial charge in [-0.05, 0) is 41.1 Å². The first-order chi connectivity index (χ1) is 13.3. The Kier molecular flexibility index (Phi) is 5.49. The number of amidine groups is 1. The average Bonchev–Trinajstić information content (AvgIpc) is 3.04. The van der Waals surface area contributed by atoms with E-state index < -0.39 is 0 Å². The van der Waals surface area contributed by atoms with Gasteiger partial charge in [-0.2, -0.15) is 4.99 Å². The number of carbonyl (C=O) groups excluding carboxylic acids is 2. The molecule has 4 aliphatic rings. The Bertz CT molecular complexity index is 772. The quantitative estimate of drug-likeness (QED) is 0.724. The number of nitrogens with zero attached hydrogens (tertiary/aromatic N) is 3. The van der Waals surface area contributed by atoms with Crippen LogP contribution in [0.1, 0.15) is 52.9 Å². The van der Waals surface area contributed by atoms with Crippen LogP contribution in [0.2, 0.25) is 0 Å². The fraction of sp³-hybridized carbons (Fsp3) is 0.714. The molecule has 1 aliphatic carbocycles. The molecule has 1 fully saturated rings. The standard InChI is InChI=1S/C21H29N3O3S/c1-21(2,3)13-4-5-14-15(12-13)28-20-18(14)19(26)22-16(23-20)6-7-17(25)24-8-10-27-11-9-24/h13,18H,4-12H2,1-3H3. The summed E-state index contributed by atoms with van der Waals surface area (Å²) in [6.45, 7) is 9.36. The third kappa shape index (κ3) is 3.96. The Balaban J connectivity index is 1.40. The van der Waals surface area contributed by atoms with Crippen molar-refractivity contribution in [3.63, 3.8) is 0 Å². The second-order valence-corrected chi connectivity index (χ2v) is 10.2. The van der Waals surface area contributed by atoms with Gasteiger partial charge in [-0.25, -0.2) is 4.99 Å². The predicted molar refractivity (Wildman–Crippen MR) is 111 cm³/mol. The zero-order valence-corrected chi connectivity index (χ0v) is 17.8. The van der Waals surface area contributed by atoms with E-state index in [9.17, 15) is 9.59 Å². The molecule has 0 spiro atoms. The molecule has 0 aromatic rings. The zero-order valence-electron chi connectivity index (χ0n) is 17.0. The lowest BCUT2D eigenvalue weighted by atomic mass is 9.71. The summed E-state index contributed by atoms with van der Waals surface area (Å²) < 4.78 is 5.29. The number of aliphatic imine (C=N–C) groups is 2. The van der Waals surface area contributed by atoms with Gasteiger partial charge in [0, 0.05) is 25.9 Å². The number of fused-ring (bicyclic) bond motifs is 2. The smallest absolute Gasteiger partial charge is 0.261 e. The van der Waals surface area contributed by atoms with E-state index >= 15 is 0 Å². The summed E-state index contributed by atoms with van der Waals surface area (Å²) in [4.78, 5) is 37.2. The van der Waals surface area contributed by atoms with Crippen molar-refractivity contribution in [3.8, 4) is 0 Å². The molecule has 4 rings (SSSR count). The van der Waals surface area contributed by atoms with E-state index in [0.717, 1.165) is 24.3 Å². The molecule has 0 radical (unpaired) electrons. The summed E-state index contributed by atoms with van der Waals surface area (Å²) >= 11 is 1.68. The van der Waals surface area contributed by atoms with Crippen molar-refractivity contribution in [2.45, 2.75) is 52.9 Å². The Morgan fingerprint density at radius 2 is 2.00 bits per heavy atom. The normalized spacial score (nSPS) is 28.0. The summed E-state index contributed by atoms with van der Waals surface area (Å²) in [5, 5.41) is 0.883. The molecule has 6 nitrogen and oxygen atoms in total. The fourth-order valence-electron chi connectivity index (χ4n) is 4.40. The van der Waals surface area contributed by atoms with Gasteiger partial charge in [0.25, 0.3) is 5.91 Å². The van der Waals surface area contributed by atoms with Gasteiger partial charge in [0.15, 0.2) is 0 Å². The zero-order chi connectivity index (χ0) is 19.9. The van der Waals surface area contributed by atoms with Crippen molar-refractivity contribution in [3.05, 3.63) is 10.5 Å². The Hall–Kier alpha value is -1.47. The third-order valence-corrected chi connectivity index (χ3v) is 7.46. The molecule has 0 N–H and O–H groups in total. The fourth-order valence-corrected chi connectivity index (χ4v) is 5.80. The number of carbonyl (C=O) groups is 2. The molecule has 7 heteroatoms. The largest absolute Gasteiger partial charge is 0.378 e. The van der Waals surface area contributed by atoms with E-state index in [-0.39, 0.29) is 23.1 Å². The van der Waals surface area contributed by atoms with Crippen molar-refractivity contribution in [2.24, 2.45) is 27.2 Å². The first kappa shape index (κ1) is 19.8. The third-order valence-electron chi connectivity index (χ3n) is 6.25. The van der Waals surface area contributed by atoms with Crippen molar-refractivity contribution in [2.75, 3.05) is 26.3 Å². The lowest BCUT2D eigenvalue weighted by Gasteiger charge is -2.34. The van der Waals surface area contributed by atoms with Crippen LogP contribution < -0.4 is 0 Å². The van der Waals surface area contributed by atoms with E-state index in [1.807, 2.05) is 4.90 Å². The molecule has 2 amide bonds. The van der Waals surface area contributed by atoms with Crippen LogP contribution in [0.15, 0.2) is 20.5 Å². The Morgan fingerprint density at radius 3 is 2.71 bits per heavy atom. The number of hydrogen-bond donors (Lipinski definition) is 0. The Morgan fingerprint density at radius 1 is 1.25 bits per heavy atom. The van der Waals surface area contributed by atoms with Gasteiger partial charge >= 0.3 is 0 Å². The van der Waals surface area contributed by atoms with E-state index in [1.54, 1.807) is 11.8 Å². The maximum atomic E-state index is 12.7. The van der Waals surface area contributed by atoms with Crippen molar-refractivity contribution in [1.29, 1.82) is 0 Å². The molecule has 2 unspecified atom stereocenters. The van der Waals surface area contributed by atoms with Crippen LogP contribution in [-0.2, 0) is 14.3 Å². The molecular formula is C21H29N3O3S. The van der Waals surface area contributed by atoms with E-state index in [0.29, 0.717) is 50.9 Å². The summed E-state index contributed by atoms with van der Waals surface area (Å²) in [5.41, 5.74) is 1.53. The number of hydrogen-bond acceptors (Lipinski definition) is 5. The van der Waals surface area contributed by atoms with E-state index in [1.165, 1.54) is 10.5 Å². The molecule has 152 valence electrons. The maximum Gasteiger partial charge on any atom is 0.261 e. The van der Waals surface area contributed by atoms with Crippen LogP contribution in [0.4, 0.5) is 0 Å². The first-order valence-corrected chi connectivity index (χ1v) is 11.1. The topological polar surface area (TPSA) is 71.3 Å². The molecule has 1 saturated heterocycles. The minimum atomic E-state index is -0.250. The van der Waals surface area contributed by atoms with E-state index in [4.69, 9.17) is 9.73 Å². The molecule has 0 bridgehead atoms. The van der Waals surface area contributed by atoms with Crippen molar-refractivity contribution in [1.82, 2.24) is 4.90 Å². The lowest BCUT2D eigenvalue weighted by Crippen LogP contribution is -2.40. The van der Waals surface area contributed by atoms with Crippen molar-refractivity contribution < 1.29 is 14.3 Å². The van der Waals surface area contributed by atoms with Gasteiger partial charge in [-0.3, -0.25) is 9.59 Å². The number of ether oxygens (including phenoxy) is 1. The highest BCUT2D eigenvalue weighted by molar-refractivity contribution is 8.17. The van der Waals surface area contributed by atoms with Gasteiger partial charge < -0.3 is 9.64 Å². The van der Waals surface area contributed by atoms with Crippen LogP contribution in [0.3, 0.4) is 0 Å². The van der Waals surface area contributed by atoms with Crippen LogP contribution in [0, 0.1) is 17.3 Å². The van der Waals surface area contributed by atoms with Crippen molar-refractivity contribution >= 4 is 34.5 Å². The lowest BCUT2D eigenvalue weighted by molar-refractivity contribution is -0.135. The van der Waals surface area contributed by atoms with Crippen LogP contribution in [0.5, 0.6) is 0 Å². The molecular weight excluding hydrogens is 374 g/mol. The number of amides is 2. The minimum Gasteiger partial charge on any atom is -0.378 e. The number of morpholine rings is 1. The van der Waals surface area contributed by atoms with Gasteiger partial charge in [-0.15, -0.1) is 0 Å². The van der Waals surface area contributed by atoms with Crippen LogP contribution in [0.25, 0.3) is 0 Å². The summed E-state index contributed by atoms with van der Waals surface area (Å²) in [5.74, 6) is 0.897. The molecule has 2 atom stereocenters. The highest BCUT2D eigenvalue weighted by atomic mass is 32.2. The van der Waals surface area contributed by atoms with Crippen LogP contribution >= 0.6 is 11.8 Å². The number of allylic oxidation sites excluding steroid dienone is 1. The van der Waals surface area contributed by atoms with E-state index in [2.05, 4.69) is 25.8 Å². The van der Waals surface area contributed by atoms with Gasteiger partial charge in [0.1, 0.15) is 11.8 Å². The monoisotopic (exact) mass is 403 g/mol. The van der Waals surface area contributed by atoms with Gasteiger partial charge in [0.05, 0.1) is 18.3 Å². The summed E-state index contributed by atoms with van der Waals surface area (Å²) in [7, 11) is 0. The molecule has 0 saturated carbocycles. The Labute approximate surface area is 170 Å². The molecule has 28 heavy (non-hydrogen) atoms. The average molecular weight is 404 g/mol. The predicted octanol–water partition coefficient (Wildman–Crippen LogP) is 3.43. The first-order valence-electron chi connectivity index (χ1n) is 10.3. The van der Waals surface area contributed by atoms with Crippen LogP contribution in [-0.4, -0.2) is 53.9 Å². The highest BCUT2D eigenvalue weighted by Gasteiger charge is 2.43. The molecule has 3 aliphatic heterocycles. The summed E-state index contributed by atoms with van der Waals surface area (Å²) in [6.07, 6.45) is 3.91. The molecule has 0 aromatic heterocycles. The summed E-state index contributed by atoms with van der Waals surface area (Å²) in [6, 6.07) is 0. The molecule has 0 aromatic carbocycles. The van der Waals surface area contributed by atoms with Gasteiger partial charge in [-0.1, -0.05) is 32.5 Å². The number of rotatable bonds is 3.